The molecule has 3 aromatic rings. The van der Waals surface area contributed by atoms with Gasteiger partial charge in [0, 0.05) is 11.5 Å². The molecule has 5 heteroatoms. The van der Waals surface area contributed by atoms with Gasteiger partial charge in [-0.3, -0.25) is 4.79 Å². The molecular weight excluding hydrogens is 448 g/mol. The van der Waals surface area contributed by atoms with Gasteiger partial charge in [-0.1, -0.05) is 42.5 Å². The summed E-state index contributed by atoms with van der Waals surface area (Å²) in [6, 6.07) is 25.6. The van der Waals surface area contributed by atoms with Crippen molar-refractivity contribution in [2.45, 2.75) is 39.2 Å². The van der Waals surface area contributed by atoms with Gasteiger partial charge in [0.1, 0.15) is 11.5 Å². The zero-order chi connectivity index (χ0) is 24.9. The lowest BCUT2D eigenvalue weighted by Gasteiger charge is -2.29. The van der Waals surface area contributed by atoms with E-state index in [1.165, 1.54) is 5.57 Å². The lowest BCUT2D eigenvalue weighted by Crippen LogP contribution is -2.31. The number of rotatable bonds is 7. The Kier molecular flexibility index (Phi) is 7.17. The number of benzene rings is 3. The van der Waals surface area contributed by atoms with Crippen molar-refractivity contribution >= 4 is 17.7 Å². The van der Waals surface area contributed by atoms with Crippen molar-refractivity contribution in [2.75, 3.05) is 13.2 Å². The molecule has 3 aromatic carbocycles. The highest BCUT2D eigenvalue weighted by Crippen LogP contribution is 2.45. The van der Waals surface area contributed by atoms with E-state index in [4.69, 9.17) is 14.6 Å². The van der Waals surface area contributed by atoms with Crippen LogP contribution in [0.15, 0.2) is 89.5 Å². The van der Waals surface area contributed by atoms with E-state index in [9.17, 15) is 4.79 Å². The molecule has 0 saturated heterocycles. The van der Waals surface area contributed by atoms with E-state index >= 15 is 0 Å². The summed E-state index contributed by atoms with van der Waals surface area (Å²) in [7, 11) is 0. The topological polar surface area (TPSA) is 51.1 Å². The highest BCUT2D eigenvalue weighted by atomic mass is 16.5. The minimum atomic E-state index is -0.146. The summed E-state index contributed by atoms with van der Waals surface area (Å²) in [4.78, 5) is 13.7. The first kappa shape index (κ1) is 23.9. The molecule has 1 heterocycles. The molecule has 1 aliphatic carbocycles. The smallest absolute Gasteiger partial charge is 0.274 e. The standard InChI is InChI=1S/C31H32N2O3/c1-3-35-26-17-13-22(14-18-26)21-25-11-8-12-28-29(25)32-33(31(34)24-9-6-5-7-10-24)30(28)23-15-19-27(20-16-23)36-4-2/h5-7,9-10,13-21,28,30H,3-4,8,11-12H2,1-2H3. The third-order valence-corrected chi connectivity index (χ3v) is 6.79. The Balaban J connectivity index is 1.51. The molecule has 184 valence electrons. The quantitative estimate of drug-likeness (QED) is 0.369. The van der Waals surface area contributed by atoms with E-state index in [1.54, 1.807) is 5.01 Å². The molecule has 5 rings (SSSR count). The van der Waals surface area contributed by atoms with E-state index < -0.39 is 0 Å². The molecule has 2 atom stereocenters. The Labute approximate surface area is 213 Å². The lowest BCUT2D eigenvalue weighted by molar-refractivity contribution is 0.0681. The number of hydrazone groups is 1. The summed E-state index contributed by atoms with van der Waals surface area (Å²) in [5.74, 6) is 1.78. The molecule has 0 spiro atoms. The van der Waals surface area contributed by atoms with E-state index in [0.717, 1.165) is 47.6 Å². The third kappa shape index (κ3) is 4.92. The average Bonchev–Trinajstić information content (AvgIpc) is 3.31. The van der Waals surface area contributed by atoms with Gasteiger partial charge in [0.15, 0.2) is 0 Å². The van der Waals surface area contributed by atoms with Crippen LogP contribution < -0.4 is 9.47 Å². The van der Waals surface area contributed by atoms with Gasteiger partial charge in [0.2, 0.25) is 0 Å². The summed E-state index contributed by atoms with van der Waals surface area (Å²) in [5.41, 5.74) is 5.07. The fourth-order valence-corrected chi connectivity index (χ4v) is 5.17. The Morgan fingerprint density at radius 1 is 0.917 bits per heavy atom. The van der Waals surface area contributed by atoms with Crippen LogP contribution in [0, 0.1) is 5.92 Å². The fourth-order valence-electron chi connectivity index (χ4n) is 5.17. The molecule has 0 aromatic heterocycles. The molecule has 2 unspecified atom stereocenters. The van der Waals surface area contributed by atoms with Crippen molar-refractivity contribution in [2.24, 2.45) is 11.0 Å². The maximum absolute atomic E-state index is 13.7. The largest absolute Gasteiger partial charge is 0.494 e. The maximum atomic E-state index is 13.7. The van der Waals surface area contributed by atoms with Crippen molar-refractivity contribution in [1.82, 2.24) is 5.01 Å². The van der Waals surface area contributed by atoms with Crippen LogP contribution in [-0.2, 0) is 0 Å². The van der Waals surface area contributed by atoms with Crippen LogP contribution in [0.1, 0.15) is 60.6 Å². The highest BCUT2D eigenvalue weighted by molar-refractivity contribution is 6.09. The number of carbonyl (C=O) groups is 1. The first-order chi connectivity index (χ1) is 17.7. The van der Waals surface area contributed by atoms with Crippen LogP contribution in [0.4, 0.5) is 0 Å². The Morgan fingerprint density at radius 3 is 2.19 bits per heavy atom. The maximum Gasteiger partial charge on any atom is 0.274 e. The highest BCUT2D eigenvalue weighted by Gasteiger charge is 2.43. The van der Waals surface area contributed by atoms with Crippen LogP contribution in [-0.4, -0.2) is 29.8 Å². The van der Waals surface area contributed by atoms with Crippen molar-refractivity contribution in [1.29, 1.82) is 0 Å². The number of allylic oxidation sites excluding steroid dienone is 1. The second kappa shape index (κ2) is 10.8. The SMILES string of the molecule is CCOc1ccc(C=C2CCCC3C2=NN(C(=O)c2ccccc2)C3c2ccc(OCC)cc2)cc1. The molecule has 0 radical (unpaired) electrons. The van der Waals surface area contributed by atoms with Crippen LogP contribution in [0.25, 0.3) is 6.08 Å². The van der Waals surface area contributed by atoms with E-state index in [1.807, 2.05) is 68.4 Å². The summed E-state index contributed by atoms with van der Waals surface area (Å²) in [6.45, 7) is 5.24. The number of fused-ring (bicyclic) bond motifs is 1. The van der Waals surface area contributed by atoms with Crippen molar-refractivity contribution in [3.63, 3.8) is 0 Å². The first-order valence-corrected chi connectivity index (χ1v) is 12.8. The number of ether oxygens (including phenoxy) is 2. The number of hydrogen-bond donors (Lipinski definition) is 0. The van der Waals surface area contributed by atoms with Gasteiger partial charge in [0.25, 0.3) is 5.91 Å². The Hall–Kier alpha value is -3.86. The normalized spacial score (nSPS) is 20.1. The summed E-state index contributed by atoms with van der Waals surface area (Å²) in [6.07, 6.45) is 5.22. The second-order valence-corrected chi connectivity index (χ2v) is 9.12. The van der Waals surface area contributed by atoms with E-state index in [0.29, 0.717) is 18.8 Å². The van der Waals surface area contributed by atoms with Crippen LogP contribution in [0.2, 0.25) is 0 Å². The molecule has 1 fully saturated rings. The van der Waals surface area contributed by atoms with Gasteiger partial charge in [0.05, 0.1) is 25.0 Å². The summed E-state index contributed by atoms with van der Waals surface area (Å²) in [5, 5.41) is 6.71. The van der Waals surface area contributed by atoms with E-state index in [2.05, 4.69) is 30.3 Å². The predicted molar refractivity (Wildman–Crippen MR) is 143 cm³/mol. The summed E-state index contributed by atoms with van der Waals surface area (Å²) < 4.78 is 11.2. The monoisotopic (exact) mass is 480 g/mol. The molecule has 0 bridgehead atoms. The van der Waals surface area contributed by atoms with Gasteiger partial charge >= 0.3 is 0 Å². The third-order valence-electron chi connectivity index (χ3n) is 6.79. The van der Waals surface area contributed by atoms with Gasteiger partial charge in [-0.2, -0.15) is 5.10 Å². The molecule has 0 N–H and O–H groups in total. The lowest BCUT2D eigenvalue weighted by atomic mass is 9.77. The molecule has 2 aliphatic rings. The molecule has 5 nitrogen and oxygen atoms in total. The number of carbonyl (C=O) groups excluding carboxylic acids is 1. The predicted octanol–water partition coefficient (Wildman–Crippen LogP) is 6.92. The average molecular weight is 481 g/mol. The first-order valence-electron chi connectivity index (χ1n) is 12.8. The number of amides is 1. The van der Waals surface area contributed by atoms with Gasteiger partial charge in [-0.05, 0) is 92.3 Å². The zero-order valence-corrected chi connectivity index (χ0v) is 20.9. The molecule has 1 saturated carbocycles. The van der Waals surface area contributed by atoms with Gasteiger partial charge in [-0.15, -0.1) is 0 Å². The van der Waals surface area contributed by atoms with Gasteiger partial charge < -0.3 is 9.47 Å². The van der Waals surface area contributed by atoms with Crippen molar-refractivity contribution in [3.05, 3.63) is 101 Å². The second-order valence-electron chi connectivity index (χ2n) is 9.12. The Morgan fingerprint density at radius 2 is 1.56 bits per heavy atom. The van der Waals surface area contributed by atoms with Crippen LogP contribution in [0.5, 0.6) is 11.5 Å². The van der Waals surface area contributed by atoms with E-state index in [-0.39, 0.29) is 17.9 Å². The minimum Gasteiger partial charge on any atom is -0.494 e. The molecule has 36 heavy (non-hydrogen) atoms. The molecule has 1 aliphatic heterocycles. The van der Waals surface area contributed by atoms with Crippen LogP contribution >= 0.6 is 0 Å². The van der Waals surface area contributed by atoms with Gasteiger partial charge in [-0.25, -0.2) is 5.01 Å². The minimum absolute atomic E-state index is 0.0724. The summed E-state index contributed by atoms with van der Waals surface area (Å²) >= 11 is 0. The Bertz CT molecular complexity index is 1250. The molecular formula is C31H32N2O3. The van der Waals surface area contributed by atoms with Crippen LogP contribution in [0.3, 0.4) is 0 Å². The fraction of sp³-hybridized carbons (Fsp3) is 0.290. The van der Waals surface area contributed by atoms with Crippen molar-refractivity contribution in [3.8, 4) is 11.5 Å². The number of hydrogen-bond acceptors (Lipinski definition) is 4. The number of nitrogens with zero attached hydrogens (tertiary/aromatic N) is 2. The zero-order valence-electron chi connectivity index (χ0n) is 20.9. The van der Waals surface area contributed by atoms with Crippen molar-refractivity contribution < 1.29 is 14.3 Å². The molecule has 1 amide bonds.